The molecule has 0 radical (unpaired) electrons. The summed E-state index contributed by atoms with van der Waals surface area (Å²) in [7, 11) is 0. The van der Waals surface area contributed by atoms with Crippen LogP contribution >= 0.6 is 0 Å². The van der Waals surface area contributed by atoms with Crippen LogP contribution in [0.25, 0.3) is 0 Å². The number of carboxylic acid groups (broad SMARTS) is 1. The Morgan fingerprint density at radius 1 is 1.36 bits per heavy atom. The third-order valence-electron chi connectivity index (χ3n) is 3.18. The lowest BCUT2D eigenvalue weighted by Gasteiger charge is -2.33. The highest BCUT2D eigenvalue weighted by molar-refractivity contribution is 5.73. The van der Waals surface area contributed by atoms with Crippen LogP contribution in [0.5, 0.6) is 0 Å². The van der Waals surface area contributed by atoms with Crippen LogP contribution in [0.4, 0.5) is 0 Å². The first-order valence-electron chi connectivity index (χ1n) is 5.35. The molecule has 14 heavy (non-hydrogen) atoms. The Morgan fingerprint density at radius 2 is 2.21 bits per heavy atom. The molecular weight excluding hydrogens is 182 g/mol. The Bertz CT molecular complexity index is 213. The predicted octanol–water partition coefficient (Wildman–Crippen LogP) is 0.714. The zero-order valence-electron chi connectivity index (χ0n) is 8.32. The van der Waals surface area contributed by atoms with Gasteiger partial charge in [-0.2, -0.15) is 0 Å². The number of carbonyl (C=O) groups is 1. The summed E-state index contributed by atoms with van der Waals surface area (Å²) in [5, 5.41) is 9.03. The number of hydrogen-bond acceptors (Lipinski definition) is 3. The predicted molar refractivity (Wildman–Crippen MR) is 51.2 cm³/mol. The van der Waals surface area contributed by atoms with Gasteiger partial charge in [-0.15, -0.1) is 0 Å². The van der Waals surface area contributed by atoms with E-state index in [9.17, 15) is 4.79 Å². The number of ether oxygens (including phenoxy) is 1. The number of likely N-dealkylation sites (tertiary alicyclic amines) is 1. The van der Waals surface area contributed by atoms with Crippen LogP contribution in [0.15, 0.2) is 0 Å². The minimum Gasteiger partial charge on any atom is -0.480 e. The van der Waals surface area contributed by atoms with E-state index in [1.807, 2.05) is 0 Å². The van der Waals surface area contributed by atoms with Crippen LogP contribution in [-0.4, -0.2) is 47.8 Å². The molecular formula is C10H17NO3. The average Bonchev–Trinajstić information content (AvgIpc) is 2.67. The van der Waals surface area contributed by atoms with Gasteiger partial charge in [0, 0.05) is 12.6 Å². The minimum atomic E-state index is -0.673. The van der Waals surface area contributed by atoms with Gasteiger partial charge in [-0.1, -0.05) is 0 Å². The Hall–Kier alpha value is -0.610. The van der Waals surface area contributed by atoms with Gasteiger partial charge in [0.25, 0.3) is 0 Å². The van der Waals surface area contributed by atoms with Crippen molar-refractivity contribution < 1.29 is 14.6 Å². The lowest BCUT2D eigenvalue weighted by atomic mass is 10.1. The van der Waals surface area contributed by atoms with Gasteiger partial charge in [-0.3, -0.25) is 9.69 Å². The van der Waals surface area contributed by atoms with Crippen molar-refractivity contribution in [2.45, 2.75) is 37.8 Å². The SMILES string of the molecule is O=C(O)[C@@H]1CCCN1C1CCCOC1. The second-order valence-electron chi connectivity index (χ2n) is 4.11. The largest absolute Gasteiger partial charge is 0.480 e. The molecule has 2 saturated heterocycles. The summed E-state index contributed by atoms with van der Waals surface area (Å²) in [4.78, 5) is 13.1. The number of rotatable bonds is 2. The zero-order chi connectivity index (χ0) is 9.97. The quantitative estimate of drug-likeness (QED) is 0.711. The third-order valence-corrected chi connectivity index (χ3v) is 3.18. The van der Waals surface area contributed by atoms with Gasteiger partial charge >= 0.3 is 5.97 Å². The molecule has 1 unspecified atom stereocenters. The first-order chi connectivity index (χ1) is 6.79. The molecule has 4 heteroatoms. The Morgan fingerprint density at radius 3 is 2.86 bits per heavy atom. The fraction of sp³-hybridized carbons (Fsp3) is 0.900. The highest BCUT2D eigenvalue weighted by Crippen LogP contribution is 2.24. The maximum Gasteiger partial charge on any atom is 0.320 e. The molecule has 0 amide bonds. The van der Waals surface area contributed by atoms with E-state index in [0.717, 1.165) is 38.8 Å². The molecule has 0 aromatic carbocycles. The summed E-state index contributed by atoms with van der Waals surface area (Å²) >= 11 is 0. The standard InChI is InChI=1S/C10H17NO3/c12-10(13)9-4-1-5-11(9)8-3-2-6-14-7-8/h8-9H,1-7H2,(H,12,13)/t8?,9-/m0/s1. The van der Waals surface area contributed by atoms with Crippen molar-refractivity contribution in [1.29, 1.82) is 0 Å². The van der Waals surface area contributed by atoms with E-state index in [0.29, 0.717) is 12.6 Å². The summed E-state index contributed by atoms with van der Waals surface area (Å²) in [6, 6.07) is 0.0778. The van der Waals surface area contributed by atoms with Crippen LogP contribution in [0.1, 0.15) is 25.7 Å². The highest BCUT2D eigenvalue weighted by Gasteiger charge is 2.35. The Balaban J connectivity index is 1.97. The topological polar surface area (TPSA) is 49.8 Å². The summed E-state index contributed by atoms with van der Waals surface area (Å²) in [5.41, 5.74) is 0. The summed E-state index contributed by atoms with van der Waals surface area (Å²) < 4.78 is 5.39. The summed E-state index contributed by atoms with van der Waals surface area (Å²) in [5.74, 6) is -0.673. The molecule has 2 rings (SSSR count). The van der Waals surface area contributed by atoms with E-state index in [-0.39, 0.29) is 6.04 Å². The monoisotopic (exact) mass is 199 g/mol. The maximum atomic E-state index is 11.0. The molecule has 2 aliphatic heterocycles. The second kappa shape index (κ2) is 4.28. The third kappa shape index (κ3) is 1.91. The van der Waals surface area contributed by atoms with Crippen molar-refractivity contribution in [2.24, 2.45) is 0 Å². The highest BCUT2D eigenvalue weighted by atomic mass is 16.5. The molecule has 0 bridgehead atoms. The van der Waals surface area contributed by atoms with Gasteiger partial charge in [0.2, 0.25) is 0 Å². The first-order valence-corrected chi connectivity index (χ1v) is 5.35. The number of carboxylic acids is 1. The van der Waals surface area contributed by atoms with E-state index in [2.05, 4.69) is 4.90 Å². The smallest absolute Gasteiger partial charge is 0.320 e. The second-order valence-corrected chi connectivity index (χ2v) is 4.11. The van der Waals surface area contributed by atoms with Crippen molar-refractivity contribution >= 4 is 5.97 Å². The summed E-state index contributed by atoms with van der Waals surface area (Å²) in [6.07, 6.45) is 3.95. The van der Waals surface area contributed by atoms with Crippen LogP contribution in [-0.2, 0) is 9.53 Å². The fourth-order valence-electron chi connectivity index (χ4n) is 2.48. The van der Waals surface area contributed by atoms with Gasteiger partial charge in [0.15, 0.2) is 0 Å². The van der Waals surface area contributed by atoms with Crippen molar-refractivity contribution in [3.05, 3.63) is 0 Å². The van der Waals surface area contributed by atoms with Gasteiger partial charge < -0.3 is 9.84 Å². The number of nitrogens with zero attached hydrogens (tertiary/aromatic N) is 1. The van der Waals surface area contributed by atoms with Gasteiger partial charge in [0.1, 0.15) is 6.04 Å². The van der Waals surface area contributed by atoms with Crippen LogP contribution in [0.2, 0.25) is 0 Å². The normalized spacial score (nSPS) is 34.6. The van der Waals surface area contributed by atoms with Crippen molar-refractivity contribution in [2.75, 3.05) is 19.8 Å². The van der Waals surface area contributed by atoms with E-state index < -0.39 is 5.97 Å². The number of hydrogen-bond donors (Lipinski definition) is 1. The molecule has 0 aliphatic carbocycles. The molecule has 4 nitrogen and oxygen atoms in total. The molecule has 0 aromatic rings. The molecule has 2 heterocycles. The molecule has 2 atom stereocenters. The lowest BCUT2D eigenvalue weighted by molar-refractivity contribution is -0.143. The van der Waals surface area contributed by atoms with Crippen LogP contribution < -0.4 is 0 Å². The average molecular weight is 199 g/mol. The van der Waals surface area contributed by atoms with E-state index >= 15 is 0 Å². The molecule has 2 aliphatic rings. The van der Waals surface area contributed by atoms with Crippen molar-refractivity contribution in [3.8, 4) is 0 Å². The number of aliphatic carboxylic acids is 1. The molecule has 1 N–H and O–H groups in total. The van der Waals surface area contributed by atoms with Crippen LogP contribution in [0, 0.1) is 0 Å². The zero-order valence-corrected chi connectivity index (χ0v) is 8.32. The van der Waals surface area contributed by atoms with E-state index in [4.69, 9.17) is 9.84 Å². The molecule has 0 saturated carbocycles. The molecule has 0 spiro atoms. The van der Waals surface area contributed by atoms with Gasteiger partial charge in [0.05, 0.1) is 6.61 Å². The van der Waals surface area contributed by atoms with E-state index in [1.54, 1.807) is 0 Å². The maximum absolute atomic E-state index is 11.0. The molecule has 80 valence electrons. The summed E-state index contributed by atoms with van der Waals surface area (Å²) in [6.45, 7) is 2.47. The minimum absolute atomic E-state index is 0.262. The molecule has 0 aromatic heterocycles. The Kier molecular flexibility index (Phi) is 3.03. The van der Waals surface area contributed by atoms with Gasteiger partial charge in [-0.05, 0) is 32.2 Å². The van der Waals surface area contributed by atoms with Crippen molar-refractivity contribution in [1.82, 2.24) is 4.90 Å². The lowest BCUT2D eigenvalue weighted by Crippen LogP contribution is -2.46. The Labute approximate surface area is 83.8 Å². The van der Waals surface area contributed by atoms with E-state index in [1.165, 1.54) is 0 Å². The van der Waals surface area contributed by atoms with Crippen molar-refractivity contribution in [3.63, 3.8) is 0 Å². The molecule has 2 fully saturated rings. The first kappa shape index (κ1) is 9.93. The fourth-order valence-corrected chi connectivity index (χ4v) is 2.48. The van der Waals surface area contributed by atoms with Crippen LogP contribution in [0.3, 0.4) is 0 Å². The van der Waals surface area contributed by atoms with Gasteiger partial charge in [-0.25, -0.2) is 0 Å².